The largest absolute Gasteiger partial charge is 0.494 e. The fourth-order valence-electron chi connectivity index (χ4n) is 2.87. The van der Waals surface area contributed by atoms with E-state index in [4.69, 9.17) is 10.5 Å². The van der Waals surface area contributed by atoms with Crippen LogP contribution in [-0.4, -0.2) is 31.1 Å². The van der Waals surface area contributed by atoms with E-state index in [0.717, 1.165) is 25.2 Å². The fourth-order valence-corrected chi connectivity index (χ4v) is 2.87. The van der Waals surface area contributed by atoms with E-state index >= 15 is 0 Å². The maximum atomic E-state index is 6.01. The molecular weight excluding hydrogens is 248 g/mol. The number of benzene rings is 1. The van der Waals surface area contributed by atoms with Gasteiger partial charge in [0.15, 0.2) is 0 Å². The summed E-state index contributed by atoms with van der Waals surface area (Å²) in [5.74, 6) is 0.954. The molecule has 3 heteroatoms. The summed E-state index contributed by atoms with van der Waals surface area (Å²) < 4.78 is 5.86. The number of rotatable bonds is 6. The van der Waals surface area contributed by atoms with E-state index < -0.39 is 0 Å². The Bertz CT molecular complexity index is 390. The molecule has 2 atom stereocenters. The SMILES string of the molecule is CCC(N)c1ccc(OCCC2CCCCN2C)cc1. The molecule has 1 aromatic rings. The van der Waals surface area contributed by atoms with Gasteiger partial charge in [0.1, 0.15) is 5.75 Å². The second kappa shape index (κ2) is 7.65. The zero-order valence-electron chi connectivity index (χ0n) is 12.8. The van der Waals surface area contributed by atoms with Gasteiger partial charge in [-0.05, 0) is 57.0 Å². The van der Waals surface area contributed by atoms with Crippen molar-refractivity contribution in [2.24, 2.45) is 5.73 Å². The summed E-state index contributed by atoms with van der Waals surface area (Å²) in [5, 5.41) is 0. The van der Waals surface area contributed by atoms with Gasteiger partial charge in [0, 0.05) is 12.1 Å². The molecule has 0 spiro atoms. The van der Waals surface area contributed by atoms with Crippen molar-refractivity contribution >= 4 is 0 Å². The van der Waals surface area contributed by atoms with E-state index in [1.807, 2.05) is 12.1 Å². The second-order valence-corrected chi connectivity index (χ2v) is 5.85. The Morgan fingerprint density at radius 1 is 1.30 bits per heavy atom. The van der Waals surface area contributed by atoms with Gasteiger partial charge in [-0.3, -0.25) is 0 Å². The first-order valence-electron chi connectivity index (χ1n) is 7.89. The summed E-state index contributed by atoms with van der Waals surface area (Å²) in [6, 6.07) is 9.06. The Morgan fingerprint density at radius 2 is 2.05 bits per heavy atom. The molecule has 20 heavy (non-hydrogen) atoms. The van der Waals surface area contributed by atoms with Crippen LogP contribution in [0.25, 0.3) is 0 Å². The third-order valence-electron chi connectivity index (χ3n) is 4.39. The predicted molar refractivity (Wildman–Crippen MR) is 84.0 cm³/mol. The quantitative estimate of drug-likeness (QED) is 0.866. The number of nitrogens with two attached hydrogens (primary N) is 1. The molecule has 0 bridgehead atoms. The summed E-state index contributed by atoms with van der Waals surface area (Å²) in [6.07, 6.45) is 6.09. The van der Waals surface area contributed by atoms with Crippen molar-refractivity contribution in [3.05, 3.63) is 29.8 Å². The summed E-state index contributed by atoms with van der Waals surface area (Å²) in [6.45, 7) is 4.14. The minimum Gasteiger partial charge on any atom is -0.494 e. The highest BCUT2D eigenvalue weighted by Gasteiger charge is 2.18. The second-order valence-electron chi connectivity index (χ2n) is 5.85. The van der Waals surface area contributed by atoms with Gasteiger partial charge in [-0.15, -0.1) is 0 Å². The van der Waals surface area contributed by atoms with Crippen LogP contribution in [0, 0.1) is 0 Å². The van der Waals surface area contributed by atoms with E-state index in [1.165, 1.54) is 31.4 Å². The maximum Gasteiger partial charge on any atom is 0.119 e. The average Bonchev–Trinajstić information content (AvgIpc) is 2.49. The molecule has 0 aliphatic carbocycles. The molecule has 2 N–H and O–H groups in total. The summed E-state index contributed by atoms with van der Waals surface area (Å²) in [5.41, 5.74) is 7.20. The van der Waals surface area contributed by atoms with Gasteiger partial charge in [0.25, 0.3) is 0 Å². The lowest BCUT2D eigenvalue weighted by Gasteiger charge is -2.32. The normalized spacial score (nSPS) is 21.6. The molecule has 1 aliphatic heterocycles. The molecule has 2 unspecified atom stereocenters. The average molecular weight is 276 g/mol. The van der Waals surface area contributed by atoms with Gasteiger partial charge in [-0.25, -0.2) is 0 Å². The lowest BCUT2D eigenvalue weighted by Crippen LogP contribution is -2.37. The van der Waals surface area contributed by atoms with E-state index in [-0.39, 0.29) is 6.04 Å². The van der Waals surface area contributed by atoms with Gasteiger partial charge in [-0.1, -0.05) is 25.5 Å². The third kappa shape index (κ3) is 4.22. The van der Waals surface area contributed by atoms with E-state index in [1.54, 1.807) is 0 Å². The van der Waals surface area contributed by atoms with E-state index in [2.05, 4.69) is 31.0 Å². The van der Waals surface area contributed by atoms with E-state index in [9.17, 15) is 0 Å². The smallest absolute Gasteiger partial charge is 0.119 e. The van der Waals surface area contributed by atoms with Crippen molar-refractivity contribution in [1.82, 2.24) is 4.90 Å². The van der Waals surface area contributed by atoms with Crippen LogP contribution in [-0.2, 0) is 0 Å². The van der Waals surface area contributed by atoms with Crippen molar-refractivity contribution in [2.75, 3.05) is 20.2 Å². The lowest BCUT2D eigenvalue weighted by atomic mass is 10.0. The van der Waals surface area contributed by atoms with Crippen molar-refractivity contribution in [1.29, 1.82) is 0 Å². The van der Waals surface area contributed by atoms with Crippen molar-refractivity contribution in [2.45, 2.75) is 51.1 Å². The number of hydrogen-bond acceptors (Lipinski definition) is 3. The van der Waals surface area contributed by atoms with Crippen LogP contribution in [0.2, 0.25) is 0 Å². The standard InChI is InChI=1S/C17H28N2O/c1-3-17(18)14-7-9-16(10-8-14)20-13-11-15-6-4-5-12-19(15)2/h7-10,15,17H,3-6,11-13,18H2,1-2H3. The zero-order chi connectivity index (χ0) is 14.4. The Labute approximate surface area is 123 Å². The molecule has 0 aromatic heterocycles. The van der Waals surface area contributed by atoms with E-state index in [0.29, 0.717) is 6.04 Å². The van der Waals surface area contributed by atoms with Crippen LogP contribution in [0.5, 0.6) is 5.75 Å². The van der Waals surface area contributed by atoms with Crippen molar-refractivity contribution in [3.63, 3.8) is 0 Å². The lowest BCUT2D eigenvalue weighted by molar-refractivity contribution is 0.153. The first-order valence-corrected chi connectivity index (χ1v) is 7.89. The minimum absolute atomic E-state index is 0.139. The number of nitrogens with zero attached hydrogens (tertiary/aromatic N) is 1. The molecule has 112 valence electrons. The molecule has 1 fully saturated rings. The number of piperidine rings is 1. The van der Waals surface area contributed by atoms with Crippen LogP contribution < -0.4 is 10.5 Å². The predicted octanol–water partition coefficient (Wildman–Crippen LogP) is 3.35. The molecule has 1 heterocycles. The molecule has 1 saturated heterocycles. The highest BCUT2D eigenvalue weighted by Crippen LogP contribution is 2.20. The van der Waals surface area contributed by atoms with Crippen LogP contribution in [0.3, 0.4) is 0 Å². The number of ether oxygens (including phenoxy) is 1. The molecule has 0 radical (unpaired) electrons. The molecule has 1 aromatic carbocycles. The Kier molecular flexibility index (Phi) is 5.86. The molecule has 3 nitrogen and oxygen atoms in total. The third-order valence-corrected chi connectivity index (χ3v) is 4.39. The summed E-state index contributed by atoms with van der Waals surface area (Å²) in [4.78, 5) is 2.47. The van der Waals surface area contributed by atoms with Crippen LogP contribution in [0.15, 0.2) is 24.3 Å². The van der Waals surface area contributed by atoms with Crippen LogP contribution in [0.4, 0.5) is 0 Å². The molecule has 0 amide bonds. The monoisotopic (exact) mass is 276 g/mol. The van der Waals surface area contributed by atoms with Gasteiger partial charge in [-0.2, -0.15) is 0 Å². The van der Waals surface area contributed by atoms with Crippen LogP contribution in [0.1, 0.15) is 50.6 Å². The van der Waals surface area contributed by atoms with Gasteiger partial charge >= 0.3 is 0 Å². The summed E-state index contributed by atoms with van der Waals surface area (Å²) >= 11 is 0. The zero-order valence-corrected chi connectivity index (χ0v) is 12.8. The first kappa shape index (κ1) is 15.3. The van der Waals surface area contributed by atoms with Gasteiger partial charge in [0.05, 0.1) is 6.61 Å². The van der Waals surface area contributed by atoms with Gasteiger partial charge in [0.2, 0.25) is 0 Å². The maximum absolute atomic E-state index is 6.01. The van der Waals surface area contributed by atoms with Gasteiger partial charge < -0.3 is 15.4 Å². The van der Waals surface area contributed by atoms with Crippen molar-refractivity contribution < 1.29 is 4.74 Å². The first-order chi connectivity index (χ1) is 9.70. The topological polar surface area (TPSA) is 38.5 Å². The fraction of sp³-hybridized carbons (Fsp3) is 0.647. The Hall–Kier alpha value is -1.06. The number of hydrogen-bond donors (Lipinski definition) is 1. The number of likely N-dealkylation sites (tertiary alicyclic amines) is 1. The Balaban J connectivity index is 1.76. The molecule has 2 rings (SSSR count). The molecule has 1 aliphatic rings. The highest BCUT2D eigenvalue weighted by atomic mass is 16.5. The summed E-state index contributed by atoms with van der Waals surface area (Å²) in [7, 11) is 2.23. The van der Waals surface area contributed by atoms with Crippen LogP contribution >= 0.6 is 0 Å². The minimum atomic E-state index is 0.139. The molecule has 0 saturated carbocycles. The van der Waals surface area contributed by atoms with Crippen molar-refractivity contribution in [3.8, 4) is 5.75 Å². The Morgan fingerprint density at radius 3 is 2.70 bits per heavy atom. The molecular formula is C17H28N2O. The highest BCUT2D eigenvalue weighted by molar-refractivity contribution is 5.28.